The summed E-state index contributed by atoms with van der Waals surface area (Å²) in [5.41, 5.74) is 0. The highest BCUT2D eigenvalue weighted by Gasteiger charge is 2.07. The summed E-state index contributed by atoms with van der Waals surface area (Å²) in [5, 5.41) is 3.95. The number of halogens is 1. The van der Waals surface area contributed by atoms with Crippen LogP contribution in [0.15, 0.2) is 29.2 Å². The molecule has 0 saturated heterocycles. The first-order chi connectivity index (χ1) is 7.63. The average molecular weight is 260 g/mol. The van der Waals surface area contributed by atoms with Crippen LogP contribution in [0.2, 0.25) is 5.02 Å². The second-order valence-electron chi connectivity index (χ2n) is 3.75. The van der Waals surface area contributed by atoms with Crippen LogP contribution < -0.4 is 5.32 Å². The highest BCUT2D eigenvalue weighted by molar-refractivity contribution is 7.85. The van der Waals surface area contributed by atoms with Crippen molar-refractivity contribution in [1.82, 2.24) is 5.32 Å². The Kier molecular flexibility index (Phi) is 6.03. The molecule has 0 fully saturated rings. The van der Waals surface area contributed by atoms with Gasteiger partial charge in [0.2, 0.25) is 0 Å². The van der Waals surface area contributed by atoms with Gasteiger partial charge in [-0.3, -0.25) is 4.21 Å². The van der Waals surface area contributed by atoms with Gasteiger partial charge in [-0.2, -0.15) is 0 Å². The van der Waals surface area contributed by atoms with Crippen LogP contribution in [0.25, 0.3) is 0 Å². The molecule has 0 spiro atoms. The van der Waals surface area contributed by atoms with E-state index in [-0.39, 0.29) is 0 Å². The Labute approximate surface area is 105 Å². The SMILES string of the molecule is CCNC(C)CCS(=O)c1cccc(Cl)c1. The number of benzene rings is 1. The Morgan fingerprint density at radius 1 is 1.50 bits per heavy atom. The molecule has 0 radical (unpaired) electrons. The summed E-state index contributed by atoms with van der Waals surface area (Å²) < 4.78 is 11.9. The average Bonchev–Trinajstić information content (AvgIpc) is 2.26. The van der Waals surface area contributed by atoms with E-state index in [4.69, 9.17) is 11.6 Å². The van der Waals surface area contributed by atoms with Gasteiger partial charge in [-0.25, -0.2) is 0 Å². The molecule has 16 heavy (non-hydrogen) atoms. The standard InChI is InChI=1S/C12H18ClNOS/c1-3-14-10(2)7-8-16(15)12-6-4-5-11(13)9-12/h4-6,9-10,14H,3,7-8H2,1-2H3. The molecule has 0 saturated carbocycles. The van der Waals surface area contributed by atoms with Crippen molar-refractivity contribution in [3.8, 4) is 0 Å². The molecule has 0 bridgehead atoms. The van der Waals surface area contributed by atoms with Crippen molar-refractivity contribution >= 4 is 22.4 Å². The molecule has 2 nitrogen and oxygen atoms in total. The van der Waals surface area contributed by atoms with Crippen LogP contribution in [-0.2, 0) is 10.8 Å². The second kappa shape index (κ2) is 7.05. The van der Waals surface area contributed by atoms with Crippen molar-refractivity contribution in [2.45, 2.75) is 31.2 Å². The number of hydrogen-bond acceptors (Lipinski definition) is 2. The van der Waals surface area contributed by atoms with E-state index >= 15 is 0 Å². The lowest BCUT2D eigenvalue weighted by molar-refractivity contribution is 0.553. The summed E-state index contributed by atoms with van der Waals surface area (Å²) in [6, 6.07) is 7.68. The first-order valence-corrected chi connectivity index (χ1v) is 7.20. The second-order valence-corrected chi connectivity index (χ2v) is 5.76. The Bertz CT molecular complexity index is 357. The fourth-order valence-electron chi connectivity index (χ4n) is 1.46. The molecule has 1 rings (SSSR count). The summed E-state index contributed by atoms with van der Waals surface area (Å²) in [6.07, 6.45) is 0.910. The van der Waals surface area contributed by atoms with E-state index in [1.807, 2.05) is 12.1 Å². The summed E-state index contributed by atoms with van der Waals surface area (Å²) in [4.78, 5) is 0.816. The molecule has 0 amide bonds. The molecule has 1 aromatic rings. The van der Waals surface area contributed by atoms with Gasteiger partial charge < -0.3 is 5.32 Å². The van der Waals surface area contributed by atoms with Crippen LogP contribution in [0.4, 0.5) is 0 Å². The lowest BCUT2D eigenvalue weighted by Crippen LogP contribution is -2.27. The minimum absolute atomic E-state index is 0.410. The molecule has 1 aromatic carbocycles. The fourth-order valence-corrected chi connectivity index (χ4v) is 3.01. The van der Waals surface area contributed by atoms with Crippen molar-refractivity contribution in [3.05, 3.63) is 29.3 Å². The van der Waals surface area contributed by atoms with Crippen molar-refractivity contribution in [2.24, 2.45) is 0 Å². The topological polar surface area (TPSA) is 29.1 Å². The monoisotopic (exact) mass is 259 g/mol. The number of nitrogens with one attached hydrogen (secondary N) is 1. The van der Waals surface area contributed by atoms with E-state index < -0.39 is 10.8 Å². The van der Waals surface area contributed by atoms with Gasteiger partial charge in [-0.1, -0.05) is 24.6 Å². The van der Waals surface area contributed by atoms with Gasteiger partial charge in [0.05, 0.1) is 10.8 Å². The maximum Gasteiger partial charge on any atom is 0.0530 e. The Balaban J connectivity index is 2.47. The molecule has 4 heteroatoms. The number of rotatable bonds is 6. The first kappa shape index (κ1) is 13.7. The molecule has 0 aliphatic rings. The van der Waals surface area contributed by atoms with E-state index in [9.17, 15) is 4.21 Å². The first-order valence-electron chi connectivity index (χ1n) is 5.50. The molecular formula is C12H18ClNOS. The zero-order chi connectivity index (χ0) is 12.0. The third-order valence-electron chi connectivity index (χ3n) is 2.35. The van der Waals surface area contributed by atoms with E-state index in [1.54, 1.807) is 12.1 Å². The molecule has 90 valence electrons. The highest BCUT2D eigenvalue weighted by atomic mass is 35.5. The number of hydrogen-bond donors (Lipinski definition) is 1. The van der Waals surface area contributed by atoms with E-state index in [0.717, 1.165) is 17.9 Å². The van der Waals surface area contributed by atoms with Gasteiger partial charge in [0, 0.05) is 21.7 Å². The smallest absolute Gasteiger partial charge is 0.0530 e. The lowest BCUT2D eigenvalue weighted by atomic mass is 10.3. The highest BCUT2D eigenvalue weighted by Crippen LogP contribution is 2.14. The zero-order valence-corrected chi connectivity index (χ0v) is 11.3. The van der Waals surface area contributed by atoms with Crippen LogP contribution in [-0.4, -0.2) is 22.5 Å². The summed E-state index contributed by atoms with van der Waals surface area (Å²) >= 11 is 5.85. The third kappa shape index (κ3) is 4.64. The third-order valence-corrected chi connectivity index (χ3v) is 3.97. The molecular weight excluding hydrogens is 242 g/mol. The Morgan fingerprint density at radius 2 is 2.25 bits per heavy atom. The van der Waals surface area contributed by atoms with Gasteiger partial charge >= 0.3 is 0 Å². The van der Waals surface area contributed by atoms with Gasteiger partial charge in [0.1, 0.15) is 0 Å². The fraction of sp³-hybridized carbons (Fsp3) is 0.500. The van der Waals surface area contributed by atoms with Gasteiger partial charge in [-0.05, 0) is 38.1 Å². The lowest BCUT2D eigenvalue weighted by Gasteiger charge is -2.11. The minimum Gasteiger partial charge on any atom is -0.315 e. The van der Waals surface area contributed by atoms with Crippen molar-refractivity contribution in [2.75, 3.05) is 12.3 Å². The Hall–Kier alpha value is -0.380. The zero-order valence-electron chi connectivity index (χ0n) is 9.70. The van der Waals surface area contributed by atoms with Crippen molar-refractivity contribution in [1.29, 1.82) is 0 Å². The van der Waals surface area contributed by atoms with E-state index in [0.29, 0.717) is 16.8 Å². The van der Waals surface area contributed by atoms with E-state index in [2.05, 4.69) is 19.2 Å². The molecule has 0 aliphatic heterocycles. The predicted molar refractivity (Wildman–Crippen MR) is 70.5 cm³/mol. The maximum atomic E-state index is 11.9. The van der Waals surface area contributed by atoms with Crippen LogP contribution >= 0.6 is 11.6 Å². The van der Waals surface area contributed by atoms with Gasteiger partial charge in [-0.15, -0.1) is 0 Å². The summed E-state index contributed by atoms with van der Waals surface area (Å²) in [5.74, 6) is 0.675. The molecule has 2 atom stereocenters. The van der Waals surface area contributed by atoms with Crippen LogP contribution in [0.5, 0.6) is 0 Å². The predicted octanol–water partition coefficient (Wildman–Crippen LogP) is 2.84. The van der Waals surface area contributed by atoms with Crippen LogP contribution in [0.1, 0.15) is 20.3 Å². The van der Waals surface area contributed by atoms with Gasteiger partial charge in [0.15, 0.2) is 0 Å². The minimum atomic E-state index is -0.942. The van der Waals surface area contributed by atoms with Gasteiger partial charge in [0.25, 0.3) is 0 Å². The molecule has 2 unspecified atom stereocenters. The largest absolute Gasteiger partial charge is 0.315 e. The Morgan fingerprint density at radius 3 is 2.88 bits per heavy atom. The summed E-state index contributed by atoms with van der Waals surface area (Å²) in [7, 11) is -0.942. The molecule has 0 aromatic heterocycles. The molecule has 1 N–H and O–H groups in total. The molecule has 0 heterocycles. The molecule has 0 aliphatic carbocycles. The normalized spacial score (nSPS) is 14.7. The summed E-state index contributed by atoms with van der Waals surface area (Å²) in [6.45, 7) is 5.13. The van der Waals surface area contributed by atoms with Crippen LogP contribution in [0, 0.1) is 0 Å². The van der Waals surface area contributed by atoms with Crippen LogP contribution in [0.3, 0.4) is 0 Å². The quantitative estimate of drug-likeness (QED) is 0.851. The van der Waals surface area contributed by atoms with E-state index in [1.165, 1.54) is 0 Å². The van der Waals surface area contributed by atoms with Crippen molar-refractivity contribution in [3.63, 3.8) is 0 Å². The van der Waals surface area contributed by atoms with Crippen molar-refractivity contribution < 1.29 is 4.21 Å². The maximum absolute atomic E-state index is 11.9.